The molecule has 0 bridgehead atoms. The summed E-state index contributed by atoms with van der Waals surface area (Å²) in [6.45, 7) is 13.7. The summed E-state index contributed by atoms with van der Waals surface area (Å²) < 4.78 is 0. The fourth-order valence-electron chi connectivity index (χ4n) is 7.03. The number of rotatable bonds is 26. The standard InChI is InChI=1S/C41H68N10O12/c1-20(2)14-27(35(56)47-28(15-21(3)4)36(57)49-30(41(62)63)17-25-18-43-19-44-25)46-34(55)26(11-12-32(53)54)45-39(60)33(24(8)52)50-37(58)29(16-22(5)6)48-38(59)31-10-9-13-51(31)40(61)23(7)42/h18-24,26-31,33,52H,9-17,42H2,1-8H3,(H,43,44)(H,45,60)(H,46,55)(H,47,56)(H,48,59)(H,49,57)(H,50,58)(H,53,54)(H,62,63)/t23-,24+,26-,27-,28-,29-,30-,31-,33-/m0/s1. The molecule has 12 N–H and O–H groups in total. The molecule has 2 heterocycles. The number of aromatic nitrogens is 2. The number of H-pyrrole nitrogens is 1. The van der Waals surface area contributed by atoms with Crippen LogP contribution >= 0.6 is 0 Å². The van der Waals surface area contributed by atoms with E-state index in [1.54, 1.807) is 41.5 Å². The van der Waals surface area contributed by atoms with Gasteiger partial charge in [-0.2, -0.15) is 0 Å². The van der Waals surface area contributed by atoms with Crippen molar-refractivity contribution in [3.05, 3.63) is 18.2 Å². The Morgan fingerprint density at radius 1 is 0.714 bits per heavy atom. The summed E-state index contributed by atoms with van der Waals surface area (Å²) in [6.07, 6.45) is 1.10. The van der Waals surface area contributed by atoms with Crippen molar-refractivity contribution in [3.8, 4) is 0 Å². The maximum absolute atomic E-state index is 13.9. The monoisotopic (exact) mass is 893 g/mol. The van der Waals surface area contributed by atoms with Crippen LogP contribution < -0.4 is 37.6 Å². The molecule has 1 aliphatic heterocycles. The minimum atomic E-state index is -1.71. The number of nitrogens with one attached hydrogen (secondary N) is 7. The number of aromatic amines is 1. The number of imidazole rings is 1. The van der Waals surface area contributed by atoms with Crippen molar-refractivity contribution in [2.45, 2.75) is 161 Å². The second-order valence-electron chi connectivity index (χ2n) is 17.5. The van der Waals surface area contributed by atoms with Crippen molar-refractivity contribution in [3.63, 3.8) is 0 Å². The fourth-order valence-corrected chi connectivity index (χ4v) is 7.03. The summed E-state index contributed by atoms with van der Waals surface area (Å²) >= 11 is 0. The number of hydrogen-bond acceptors (Lipinski definition) is 12. The quantitative estimate of drug-likeness (QED) is 0.0514. The molecule has 22 heteroatoms. The molecular weight excluding hydrogens is 825 g/mol. The number of aliphatic hydroxyl groups excluding tert-OH is 1. The van der Waals surface area contributed by atoms with Gasteiger partial charge in [0.2, 0.25) is 41.4 Å². The van der Waals surface area contributed by atoms with E-state index in [0.29, 0.717) is 25.1 Å². The summed E-state index contributed by atoms with van der Waals surface area (Å²) in [5.41, 5.74) is 6.22. The molecule has 0 saturated carbocycles. The lowest BCUT2D eigenvalue weighted by atomic mass is 9.99. The van der Waals surface area contributed by atoms with E-state index in [4.69, 9.17) is 5.73 Å². The Bertz CT molecular complexity index is 1740. The molecular formula is C41H68N10O12. The van der Waals surface area contributed by atoms with Gasteiger partial charge in [0, 0.05) is 31.3 Å². The van der Waals surface area contributed by atoms with Gasteiger partial charge in [0.15, 0.2) is 0 Å². The van der Waals surface area contributed by atoms with Crippen LogP contribution in [0.5, 0.6) is 0 Å². The zero-order chi connectivity index (χ0) is 47.7. The third kappa shape index (κ3) is 17.9. The SMILES string of the molecule is CC(C)C[C@H](NC(=O)[C@H](CC(C)C)NC(=O)[C@H](CCC(=O)O)NC(=O)[C@@H](NC(=O)[C@H](CC(C)C)NC(=O)[C@@H]1CCCN1C(=O)[C@H](C)N)[C@@H](C)O)C(=O)N[C@@H](Cc1cnc[nH]1)C(=O)O. The van der Waals surface area contributed by atoms with Gasteiger partial charge in [-0.3, -0.25) is 38.4 Å². The number of nitrogens with two attached hydrogens (primary N) is 1. The zero-order valence-corrected chi connectivity index (χ0v) is 37.4. The summed E-state index contributed by atoms with van der Waals surface area (Å²) in [5.74, 6) is -8.69. The molecule has 0 aliphatic carbocycles. The van der Waals surface area contributed by atoms with Crippen LogP contribution in [-0.2, 0) is 49.6 Å². The average Bonchev–Trinajstić information content (AvgIpc) is 3.89. The molecule has 63 heavy (non-hydrogen) atoms. The molecule has 0 aromatic carbocycles. The second-order valence-corrected chi connectivity index (χ2v) is 17.5. The first-order valence-electron chi connectivity index (χ1n) is 21.4. The third-order valence-electron chi connectivity index (χ3n) is 10.2. The maximum atomic E-state index is 13.9. The molecule has 1 fully saturated rings. The van der Waals surface area contributed by atoms with Gasteiger partial charge in [-0.25, -0.2) is 9.78 Å². The molecule has 22 nitrogen and oxygen atoms in total. The van der Waals surface area contributed by atoms with E-state index in [1.165, 1.54) is 31.3 Å². The van der Waals surface area contributed by atoms with E-state index in [-0.39, 0.29) is 43.4 Å². The number of hydrogen-bond donors (Lipinski definition) is 11. The molecule has 7 amide bonds. The molecule has 1 aromatic rings. The van der Waals surface area contributed by atoms with E-state index in [2.05, 4.69) is 41.9 Å². The van der Waals surface area contributed by atoms with Gasteiger partial charge in [-0.05, 0) is 70.1 Å². The highest BCUT2D eigenvalue weighted by molar-refractivity contribution is 5.98. The van der Waals surface area contributed by atoms with E-state index < -0.39 is 121 Å². The van der Waals surface area contributed by atoms with Gasteiger partial charge < -0.3 is 62.8 Å². The Hall–Kier alpha value is -5.64. The third-order valence-corrected chi connectivity index (χ3v) is 10.2. The van der Waals surface area contributed by atoms with Crippen LogP contribution in [0.15, 0.2) is 12.5 Å². The Morgan fingerprint density at radius 2 is 1.19 bits per heavy atom. The van der Waals surface area contributed by atoms with Crippen LogP contribution in [-0.4, -0.2) is 144 Å². The molecule has 1 aromatic heterocycles. The van der Waals surface area contributed by atoms with Gasteiger partial charge in [0.25, 0.3) is 0 Å². The largest absolute Gasteiger partial charge is 0.481 e. The molecule has 1 aliphatic rings. The number of carboxylic acid groups (broad SMARTS) is 2. The first kappa shape index (κ1) is 53.5. The van der Waals surface area contributed by atoms with E-state index in [9.17, 15) is 58.5 Å². The summed E-state index contributed by atoms with van der Waals surface area (Å²) in [7, 11) is 0. The lowest BCUT2D eigenvalue weighted by Gasteiger charge is -2.30. The van der Waals surface area contributed by atoms with Crippen molar-refractivity contribution >= 4 is 53.3 Å². The van der Waals surface area contributed by atoms with Crippen LogP contribution in [0.4, 0.5) is 0 Å². The number of aliphatic hydroxyl groups is 1. The number of likely N-dealkylation sites (tertiary alicyclic amines) is 1. The van der Waals surface area contributed by atoms with Crippen LogP contribution in [0, 0.1) is 17.8 Å². The predicted octanol–water partition coefficient (Wildman–Crippen LogP) is -1.33. The van der Waals surface area contributed by atoms with E-state index in [0.717, 1.165) is 0 Å². The predicted molar refractivity (Wildman–Crippen MR) is 227 cm³/mol. The van der Waals surface area contributed by atoms with Gasteiger partial charge >= 0.3 is 11.9 Å². The van der Waals surface area contributed by atoms with E-state index in [1.807, 2.05) is 0 Å². The topological polar surface area (TPSA) is 344 Å². The molecule has 1 saturated heterocycles. The van der Waals surface area contributed by atoms with Crippen molar-refractivity contribution in [1.82, 2.24) is 46.8 Å². The smallest absolute Gasteiger partial charge is 0.326 e. The lowest BCUT2D eigenvalue weighted by Crippen LogP contribution is -2.62. The summed E-state index contributed by atoms with van der Waals surface area (Å²) in [5, 5.41) is 45.1. The Labute approximate surface area is 367 Å². The van der Waals surface area contributed by atoms with Crippen LogP contribution in [0.1, 0.15) is 106 Å². The second kappa shape index (κ2) is 25.5. The maximum Gasteiger partial charge on any atom is 0.326 e. The first-order chi connectivity index (χ1) is 29.4. The highest BCUT2D eigenvalue weighted by atomic mass is 16.4. The molecule has 9 atom stereocenters. The molecule has 2 rings (SSSR count). The number of aliphatic carboxylic acids is 2. The van der Waals surface area contributed by atoms with Crippen molar-refractivity contribution < 1.29 is 58.5 Å². The average molecular weight is 893 g/mol. The zero-order valence-electron chi connectivity index (χ0n) is 37.4. The van der Waals surface area contributed by atoms with Gasteiger partial charge in [-0.1, -0.05) is 41.5 Å². The highest BCUT2D eigenvalue weighted by Crippen LogP contribution is 2.19. The van der Waals surface area contributed by atoms with Gasteiger partial charge in [-0.15, -0.1) is 0 Å². The first-order valence-corrected chi connectivity index (χ1v) is 21.4. The minimum Gasteiger partial charge on any atom is -0.481 e. The lowest BCUT2D eigenvalue weighted by molar-refractivity contribution is -0.142. The minimum absolute atomic E-state index is 0.0259. The van der Waals surface area contributed by atoms with Gasteiger partial charge in [0.05, 0.1) is 18.5 Å². The van der Waals surface area contributed by atoms with Crippen molar-refractivity contribution in [2.75, 3.05) is 6.54 Å². The fraction of sp³-hybridized carbons (Fsp3) is 0.707. The van der Waals surface area contributed by atoms with Crippen molar-refractivity contribution in [1.29, 1.82) is 0 Å². The van der Waals surface area contributed by atoms with Gasteiger partial charge in [0.1, 0.15) is 42.3 Å². The Balaban J connectivity index is 2.31. The highest BCUT2D eigenvalue weighted by Gasteiger charge is 2.39. The van der Waals surface area contributed by atoms with Crippen molar-refractivity contribution in [2.24, 2.45) is 23.5 Å². The molecule has 354 valence electrons. The Morgan fingerprint density at radius 3 is 1.63 bits per heavy atom. The molecule has 0 spiro atoms. The number of carbonyl (C=O) groups is 9. The summed E-state index contributed by atoms with van der Waals surface area (Å²) in [4.78, 5) is 126. The molecule has 0 unspecified atom stereocenters. The number of amides is 7. The van der Waals surface area contributed by atoms with Crippen LogP contribution in [0.25, 0.3) is 0 Å². The normalized spacial score (nSPS) is 17.7. The number of carbonyl (C=O) groups excluding carboxylic acids is 7. The number of carboxylic acids is 2. The number of nitrogens with zero attached hydrogens (tertiary/aromatic N) is 2. The molecule has 0 radical (unpaired) electrons. The van der Waals surface area contributed by atoms with Crippen LogP contribution in [0.3, 0.4) is 0 Å². The summed E-state index contributed by atoms with van der Waals surface area (Å²) in [6, 6.07) is -10.2. The van der Waals surface area contributed by atoms with E-state index >= 15 is 0 Å². The Kier molecular flexibility index (Phi) is 21.6. The van der Waals surface area contributed by atoms with Crippen LogP contribution in [0.2, 0.25) is 0 Å².